The van der Waals surface area contributed by atoms with Crippen LogP contribution in [0, 0.1) is 6.92 Å². The van der Waals surface area contributed by atoms with Gasteiger partial charge in [-0.3, -0.25) is 4.98 Å². The van der Waals surface area contributed by atoms with Crippen LogP contribution >= 0.6 is 0 Å². The van der Waals surface area contributed by atoms with Gasteiger partial charge in [-0.25, -0.2) is 4.98 Å². The number of aromatic nitrogens is 3. The monoisotopic (exact) mass is 244 g/mol. The van der Waals surface area contributed by atoms with Gasteiger partial charge >= 0.3 is 0 Å². The molecule has 0 amide bonds. The van der Waals surface area contributed by atoms with Crippen molar-refractivity contribution in [1.82, 2.24) is 15.0 Å². The molecular weight excluding hydrogens is 228 g/mol. The van der Waals surface area contributed by atoms with Gasteiger partial charge in [0.15, 0.2) is 0 Å². The Balaban J connectivity index is 2.05. The van der Waals surface area contributed by atoms with Crippen LogP contribution in [0.1, 0.15) is 18.2 Å². The average Bonchev–Trinajstić information content (AvgIpc) is 2.37. The maximum Gasteiger partial charge on any atom is 0.226 e. The summed E-state index contributed by atoms with van der Waals surface area (Å²) in [4.78, 5) is 12.6. The van der Waals surface area contributed by atoms with E-state index in [2.05, 4.69) is 20.3 Å². The number of aryl methyl sites for hydroxylation is 1. The third-order valence-electron chi connectivity index (χ3n) is 2.30. The fourth-order valence-corrected chi connectivity index (χ4v) is 1.52. The van der Waals surface area contributed by atoms with Crippen LogP contribution in [0.15, 0.2) is 30.6 Å². The molecule has 94 valence electrons. The van der Waals surface area contributed by atoms with Gasteiger partial charge in [0.25, 0.3) is 0 Å². The van der Waals surface area contributed by atoms with Crippen LogP contribution in [0.5, 0.6) is 5.88 Å². The number of hydrogen-bond donors (Lipinski definition) is 1. The van der Waals surface area contributed by atoms with E-state index >= 15 is 0 Å². The van der Waals surface area contributed by atoms with E-state index in [0.29, 0.717) is 25.0 Å². The molecule has 5 heteroatoms. The molecule has 0 saturated heterocycles. The van der Waals surface area contributed by atoms with Crippen LogP contribution in [-0.2, 0) is 6.54 Å². The molecule has 0 aliphatic rings. The van der Waals surface area contributed by atoms with Crippen molar-refractivity contribution in [1.29, 1.82) is 0 Å². The Kier molecular flexibility index (Phi) is 4.06. The molecule has 0 spiro atoms. The topological polar surface area (TPSA) is 59.9 Å². The van der Waals surface area contributed by atoms with Gasteiger partial charge < -0.3 is 10.1 Å². The third kappa shape index (κ3) is 3.41. The van der Waals surface area contributed by atoms with Crippen LogP contribution in [0.3, 0.4) is 0 Å². The van der Waals surface area contributed by atoms with E-state index in [-0.39, 0.29) is 0 Å². The Hall–Kier alpha value is -2.17. The molecule has 0 atom stereocenters. The molecule has 1 N–H and O–H groups in total. The lowest BCUT2D eigenvalue weighted by Crippen LogP contribution is -2.06. The number of rotatable bonds is 5. The molecule has 0 aliphatic carbocycles. The first kappa shape index (κ1) is 12.3. The molecule has 0 aromatic carbocycles. The standard InChI is InChI=1S/C13H16N4O/c1-3-18-12-7-10(2)16-13(17-12)15-9-11-5-4-6-14-8-11/h4-8H,3,9H2,1-2H3,(H,15,16,17). The van der Waals surface area contributed by atoms with Crippen LogP contribution in [-0.4, -0.2) is 21.6 Å². The van der Waals surface area contributed by atoms with E-state index in [1.165, 1.54) is 0 Å². The molecule has 0 unspecified atom stereocenters. The van der Waals surface area contributed by atoms with E-state index in [1.54, 1.807) is 6.20 Å². The summed E-state index contributed by atoms with van der Waals surface area (Å²) in [6.07, 6.45) is 3.56. The van der Waals surface area contributed by atoms with Crippen molar-refractivity contribution in [3.63, 3.8) is 0 Å². The summed E-state index contributed by atoms with van der Waals surface area (Å²) in [6, 6.07) is 5.72. The lowest BCUT2D eigenvalue weighted by atomic mass is 10.3. The molecule has 0 fully saturated rings. The van der Waals surface area contributed by atoms with Gasteiger partial charge in [-0.1, -0.05) is 6.07 Å². The highest BCUT2D eigenvalue weighted by molar-refractivity contribution is 5.31. The number of nitrogens with one attached hydrogen (secondary N) is 1. The lowest BCUT2D eigenvalue weighted by molar-refractivity contribution is 0.326. The van der Waals surface area contributed by atoms with Crippen LogP contribution in [0.25, 0.3) is 0 Å². The lowest BCUT2D eigenvalue weighted by Gasteiger charge is -2.08. The maximum absolute atomic E-state index is 5.38. The molecule has 5 nitrogen and oxygen atoms in total. The van der Waals surface area contributed by atoms with Gasteiger partial charge in [-0.15, -0.1) is 0 Å². The van der Waals surface area contributed by atoms with Crippen molar-refractivity contribution in [3.05, 3.63) is 41.9 Å². The number of anilines is 1. The van der Waals surface area contributed by atoms with Crippen molar-refractivity contribution < 1.29 is 4.74 Å². The second-order valence-corrected chi connectivity index (χ2v) is 3.82. The fourth-order valence-electron chi connectivity index (χ4n) is 1.52. The fraction of sp³-hybridized carbons (Fsp3) is 0.308. The number of hydrogen-bond acceptors (Lipinski definition) is 5. The van der Waals surface area contributed by atoms with Crippen LogP contribution in [0.4, 0.5) is 5.95 Å². The second-order valence-electron chi connectivity index (χ2n) is 3.82. The molecule has 0 radical (unpaired) electrons. The zero-order valence-electron chi connectivity index (χ0n) is 10.6. The second kappa shape index (κ2) is 5.95. The Labute approximate surface area is 106 Å². The summed E-state index contributed by atoms with van der Waals surface area (Å²) in [7, 11) is 0. The Morgan fingerprint density at radius 2 is 2.22 bits per heavy atom. The minimum atomic E-state index is 0.572. The molecule has 2 rings (SSSR count). The predicted octanol–water partition coefficient (Wildman–Crippen LogP) is 2.19. The predicted molar refractivity (Wildman–Crippen MR) is 69.5 cm³/mol. The molecule has 0 bridgehead atoms. The van der Waals surface area contributed by atoms with Crippen molar-refractivity contribution in [3.8, 4) is 5.88 Å². The van der Waals surface area contributed by atoms with Crippen molar-refractivity contribution in [2.45, 2.75) is 20.4 Å². The molecule has 0 aliphatic heterocycles. The summed E-state index contributed by atoms with van der Waals surface area (Å²) in [5.74, 6) is 1.17. The zero-order chi connectivity index (χ0) is 12.8. The highest BCUT2D eigenvalue weighted by atomic mass is 16.5. The summed E-state index contributed by atoms with van der Waals surface area (Å²) < 4.78 is 5.38. The smallest absolute Gasteiger partial charge is 0.226 e. The minimum absolute atomic E-state index is 0.572. The first-order chi connectivity index (χ1) is 8.78. The van der Waals surface area contributed by atoms with E-state index in [1.807, 2.05) is 38.2 Å². The Morgan fingerprint density at radius 3 is 2.94 bits per heavy atom. The highest BCUT2D eigenvalue weighted by Gasteiger charge is 2.02. The zero-order valence-corrected chi connectivity index (χ0v) is 10.6. The third-order valence-corrected chi connectivity index (χ3v) is 2.30. The van der Waals surface area contributed by atoms with Crippen molar-refractivity contribution in [2.24, 2.45) is 0 Å². The SMILES string of the molecule is CCOc1cc(C)nc(NCc2cccnc2)n1. The molecule has 2 heterocycles. The average molecular weight is 244 g/mol. The molecule has 2 aromatic heterocycles. The highest BCUT2D eigenvalue weighted by Crippen LogP contribution is 2.12. The summed E-state index contributed by atoms with van der Waals surface area (Å²) in [5, 5.41) is 3.16. The van der Waals surface area contributed by atoms with Gasteiger partial charge in [-0.2, -0.15) is 4.98 Å². The molecule has 2 aromatic rings. The summed E-state index contributed by atoms with van der Waals surface area (Å²) >= 11 is 0. The van der Waals surface area contributed by atoms with E-state index in [0.717, 1.165) is 11.3 Å². The van der Waals surface area contributed by atoms with Gasteiger partial charge in [0.1, 0.15) is 0 Å². The van der Waals surface area contributed by atoms with Gasteiger partial charge in [0.05, 0.1) is 6.61 Å². The summed E-state index contributed by atoms with van der Waals surface area (Å²) in [6.45, 7) is 5.08. The van der Waals surface area contributed by atoms with E-state index < -0.39 is 0 Å². The molecule has 0 saturated carbocycles. The van der Waals surface area contributed by atoms with E-state index in [9.17, 15) is 0 Å². The maximum atomic E-state index is 5.38. The quantitative estimate of drug-likeness (QED) is 0.873. The molecule has 18 heavy (non-hydrogen) atoms. The Morgan fingerprint density at radius 1 is 1.33 bits per heavy atom. The first-order valence-electron chi connectivity index (χ1n) is 5.89. The largest absolute Gasteiger partial charge is 0.478 e. The van der Waals surface area contributed by atoms with Crippen molar-refractivity contribution >= 4 is 5.95 Å². The molecular formula is C13H16N4O. The van der Waals surface area contributed by atoms with Gasteiger partial charge in [0, 0.05) is 30.7 Å². The van der Waals surface area contributed by atoms with Crippen LogP contribution in [0.2, 0.25) is 0 Å². The van der Waals surface area contributed by atoms with Gasteiger partial charge in [0.2, 0.25) is 11.8 Å². The van der Waals surface area contributed by atoms with Crippen LogP contribution < -0.4 is 10.1 Å². The van der Waals surface area contributed by atoms with E-state index in [4.69, 9.17) is 4.74 Å². The van der Waals surface area contributed by atoms with Crippen molar-refractivity contribution in [2.75, 3.05) is 11.9 Å². The number of pyridine rings is 1. The summed E-state index contributed by atoms with van der Waals surface area (Å²) in [5.41, 5.74) is 1.96. The minimum Gasteiger partial charge on any atom is -0.478 e. The number of ether oxygens (including phenoxy) is 1. The normalized spacial score (nSPS) is 10.1. The first-order valence-corrected chi connectivity index (χ1v) is 5.89. The Bertz CT molecular complexity index is 502. The number of nitrogens with zero attached hydrogens (tertiary/aromatic N) is 3. The van der Waals surface area contributed by atoms with Gasteiger partial charge in [-0.05, 0) is 25.5 Å².